The molecule has 1 saturated heterocycles. The molecule has 0 aromatic heterocycles. The molecule has 1 aliphatic heterocycles. The van der Waals surface area contributed by atoms with E-state index in [1.54, 1.807) is 0 Å². The summed E-state index contributed by atoms with van der Waals surface area (Å²) in [5, 5.41) is 0. The predicted molar refractivity (Wildman–Crippen MR) is 162 cm³/mol. The zero-order chi connectivity index (χ0) is 33.0. The van der Waals surface area contributed by atoms with E-state index in [-0.39, 0.29) is 22.2 Å². The molecule has 0 amide bonds. The molecule has 0 radical (unpaired) electrons. The number of benzene rings is 2. The van der Waals surface area contributed by atoms with Crippen LogP contribution in [0.25, 0.3) is 0 Å². The molecule has 2 fully saturated rings. The van der Waals surface area contributed by atoms with Gasteiger partial charge in [-0.25, -0.2) is 0 Å². The van der Waals surface area contributed by atoms with E-state index in [9.17, 15) is 35.9 Å². The first kappa shape index (κ1) is 35.5. The molecular weight excluding hydrogens is 659 g/mol. The van der Waals surface area contributed by atoms with Gasteiger partial charge in [-0.15, -0.1) is 0 Å². The number of ether oxygens (including phenoxy) is 1. The maximum absolute atomic E-state index is 13.7. The third kappa shape index (κ3) is 8.73. The molecule has 0 bridgehead atoms. The Kier molecular flexibility index (Phi) is 11.2. The normalized spacial score (nSPS) is 25.8. The topological polar surface area (TPSA) is 46.6 Å². The van der Waals surface area contributed by atoms with Crippen LogP contribution in [0, 0.1) is 11.3 Å². The number of alkyl halides is 6. The Labute approximate surface area is 268 Å². The third-order valence-electron chi connectivity index (χ3n) is 9.55. The summed E-state index contributed by atoms with van der Waals surface area (Å²) in [4.78, 5) is 28.6. The fraction of sp³-hybridized carbons (Fsp3) is 0.588. The van der Waals surface area contributed by atoms with Crippen molar-refractivity contribution in [1.29, 1.82) is 0 Å². The van der Waals surface area contributed by atoms with Gasteiger partial charge in [-0.1, -0.05) is 0 Å². The second kappa shape index (κ2) is 14.2. The summed E-state index contributed by atoms with van der Waals surface area (Å²) in [6.45, 7) is 8.02. The second-order valence-electron chi connectivity index (χ2n) is 12.9. The number of hydrogen-bond donors (Lipinski definition) is 0. The molecule has 248 valence electrons. The SMILES string of the molecule is CCOC(=O)[C@]1(C)CCCN(CC[C@H]2CC[C@]([AsH]C(=O)[C@@H](C)c3cc(C(F)(F)F)cc(C(F)(F)F)c3)(c3ccccc3)CC2)C1. The van der Waals surface area contributed by atoms with Crippen molar-refractivity contribution in [2.45, 2.75) is 88.2 Å². The van der Waals surface area contributed by atoms with E-state index >= 15 is 0 Å². The molecule has 2 aromatic rings. The Balaban J connectivity index is 1.46. The summed E-state index contributed by atoms with van der Waals surface area (Å²) >= 11 is -1.48. The number of esters is 1. The van der Waals surface area contributed by atoms with Gasteiger partial charge >= 0.3 is 261 Å². The van der Waals surface area contributed by atoms with Gasteiger partial charge in [0.25, 0.3) is 0 Å². The van der Waals surface area contributed by atoms with Gasteiger partial charge < -0.3 is 0 Å². The average Bonchev–Trinajstić information content (AvgIpc) is 3.00. The first-order valence-electron chi connectivity index (χ1n) is 15.6. The van der Waals surface area contributed by atoms with Crippen molar-refractivity contribution in [1.82, 2.24) is 4.90 Å². The van der Waals surface area contributed by atoms with Crippen LogP contribution >= 0.6 is 0 Å². The van der Waals surface area contributed by atoms with Crippen LogP contribution in [0.2, 0.25) is 0 Å². The molecule has 45 heavy (non-hydrogen) atoms. The van der Waals surface area contributed by atoms with Crippen molar-refractivity contribution in [2.24, 2.45) is 11.3 Å². The molecule has 0 spiro atoms. The van der Waals surface area contributed by atoms with Crippen LogP contribution in [0.4, 0.5) is 26.3 Å². The van der Waals surface area contributed by atoms with Gasteiger partial charge in [-0.2, -0.15) is 0 Å². The zero-order valence-electron chi connectivity index (χ0n) is 26.0. The third-order valence-corrected chi connectivity index (χ3v) is 13.6. The maximum atomic E-state index is 13.7. The van der Waals surface area contributed by atoms with Gasteiger partial charge in [0.05, 0.1) is 0 Å². The van der Waals surface area contributed by atoms with Crippen molar-refractivity contribution in [2.75, 3.05) is 26.2 Å². The van der Waals surface area contributed by atoms with Gasteiger partial charge in [-0.05, 0) is 6.92 Å². The molecule has 3 atom stereocenters. The molecule has 1 saturated carbocycles. The molecule has 2 aromatic carbocycles. The first-order chi connectivity index (χ1) is 21.1. The molecule has 1 unspecified atom stereocenters. The van der Waals surface area contributed by atoms with Gasteiger partial charge in [0.15, 0.2) is 0 Å². The van der Waals surface area contributed by atoms with Crippen LogP contribution in [0.3, 0.4) is 0 Å². The number of nitrogens with zero attached hydrogens (tertiary/aromatic N) is 1. The van der Waals surface area contributed by atoms with Crippen molar-refractivity contribution >= 4 is 26.3 Å². The van der Waals surface area contributed by atoms with E-state index in [1.165, 1.54) is 6.92 Å². The van der Waals surface area contributed by atoms with E-state index in [1.807, 2.05) is 44.2 Å². The van der Waals surface area contributed by atoms with E-state index < -0.39 is 54.8 Å². The van der Waals surface area contributed by atoms with E-state index in [4.69, 9.17) is 4.74 Å². The van der Waals surface area contributed by atoms with E-state index in [2.05, 4.69) is 4.90 Å². The average molecular weight is 702 g/mol. The van der Waals surface area contributed by atoms with Crippen molar-refractivity contribution in [3.05, 3.63) is 70.8 Å². The Bertz CT molecular complexity index is 1290. The van der Waals surface area contributed by atoms with Crippen LogP contribution in [-0.4, -0.2) is 57.4 Å². The number of piperidine rings is 1. The Morgan fingerprint density at radius 1 is 0.978 bits per heavy atom. The molecule has 11 heteroatoms. The number of halogens is 6. The molecule has 0 N–H and O–H groups in total. The van der Waals surface area contributed by atoms with Gasteiger partial charge in [0.1, 0.15) is 0 Å². The summed E-state index contributed by atoms with van der Waals surface area (Å²) in [5.74, 6) is -0.808. The Morgan fingerprint density at radius 3 is 2.13 bits per heavy atom. The van der Waals surface area contributed by atoms with Crippen LogP contribution in [0.1, 0.15) is 93.9 Å². The summed E-state index contributed by atoms with van der Waals surface area (Å²) in [6.07, 6.45) is -3.99. The first-order valence-corrected chi connectivity index (χ1v) is 17.7. The fourth-order valence-electron chi connectivity index (χ4n) is 6.80. The minimum atomic E-state index is -4.97. The molecule has 1 heterocycles. The summed E-state index contributed by atoms with van der Waals surface area (Å²) in [6, 6.07) is 11.1. The predicted octanol–water partition coefficient (Wildman–Crippen LogP) is 7.93. The summed E-state index contributed by atoms with van der Waals surface area (Å²) in [7, 11) is 0. The van der Waals surface area contributed by atoms with Gasteiger partial charge in [0.2, 0.25) is 0 Å². The van der Waals surface area contributed by atoms with Gasteiger partial charge in [-0.3, -0.25) is 0 Å². The molecule has 4 rings (SSSR count). The Morgan fingerprint density at radius 2 is 1.58 bits per heavy atom. The zero-order valence-corrected chi connectivity index (χ0v) is 28.1. The molecule has 4 nitrogen and oxygen atoms in total. The molecular formula is C34H42AsF6NO3. The van der Waals surface area contributed by atoms with E-state index in [0.29, 0.717) is 31.2 Å². The molecule has 1 aliphatic carbocycles. The van der Waals surface area contributed by atoms with E-state index in [0.717, 1.165) is 63.6 Å². The second-order valence-corrected chi connectivity index (χ2v) is 16.5. The number of rotatable bonds is 10. The van der Waals surface area contributed by atoms with Crippen LogP contribution in [0.5, 0.6) is 0 Å². The monoisotopic (exact) mass is 701 g/mol. The van der Waals surface area contributed by atoms with Crippen molar-refractivity contribution in [3.8, 4) is 0 Å². The van der Waals surface area contributed by atoms with Crippen molar-refractivity contribution in [3.63, 3.8) is 0 Å². The van der Waals surface area contributed by atoms with Crippen LogP contribution < -0.4 is 0 Å². The number of carbonyl (C=O) groups is 2. The van der Waals surface area contributed by atoms with Crippen molar-refractivity contribution < 1.29 is 40.7 Å². The number of hydrogen-bond acceptors (Lipinski definition) is 4. The Hall–Kier alpha value is -2.32. The standard InChI is InChI=1S/C34H42AsF6NO3/c1-4-45-30(44)31(3)14-8-17-42(22-31)18-13-24-11-15-32(16-12-24,26-9-6-5-7-10-26)35-29(43)23(2)25-19-27(33(36,37)38)21-28(20-25)34(39,40)41/h5-7,9-10,19-21,23-24,35H,4,8,11-18,22H2,1-3H3/t23-,24-,31+,32+/m0/s1. The quantitative estimate of drug-likeness (QED) is 0.144. The van der Waals surface area contributed by atoms with Crippen LogP contribution in [-0.2, 0) is 30.9 Å². The summed E-state index contributed by atoms with van der Waals surface area (Å²) < 4.78 is 85.7. The van der Waals surface area contributed by atoms with Gasteiger partial charge in [0, 0.05) is 0 Å². The number of carbonyl (C=O) groups excluding carboxylic acids is 2. The minimum absolute atomic E-state index is 0.102. The van der Waals surface area contributed by atoms with Crippen LogP contribution in [0.15, 0.2) is 48.5 Å². The number of likely N-dealkylation sites (tertiary alicyclic amines) is 1. The fourth-order valence-corrected chi connectivity index (χ4v) is 10.4. The molecule has 2 aliphatic rings. The summed E-state index contributed by atoms with van der Waals surface area (Å²) in [5.41, 5.74) is -2.54.